The summed E-state index contributed by atoms with van der Waals surface area (Å²) in [6.45, 7) is 6.59. The largest absolute Gasteiger partial charge is 0.465 e. The van der Waals surface area contributed by atoms with Gasteiger partial charge in [0.2, 0.25) is 0 Å². The highest BCUT2D eigenvalue weighted by molar-refractivity contribution is 7.99. The van der Waals surface area contributed by atoms with Gasteiger partial charge in [0.25, 0.3) is 5.69 Å². The number of aliphatic hydroxyl groups is 1. The van der Waals surface area contributed by atoms with Crippen LogP contribution in [0, 0.1) is 34.3 Å². The quantitative estimate of drug-likeness (QED) is 0.271. The molecular formula is C24H25N3O6S. The number of pyridine rings is 1. The van der Waals surface area contributed by atoms with Gasteiger partial charge in [0.15, 0.2) is 0 Å². The third-order valence-electron chi connectivity index (χ3n) is 5.97. The Morgan fingerprint density at radius 1 is 1.44 bits per heavy atom. The lowest BCUT2D eigenvalue weighted by Gasteiger charge is -2.43. The van der Waals surface area contributed by atoms with Gasteiger partial charge in [-0.3, -0.25) is 19.7 Å². The summed E-state index contributed by atoms with van der Waals surface area (Å²) >= 11 is 1.07. The van der Waals surface area contributed by atoms with Crippen LogP contribution in [0.5, 0.6) is 0 Å². The minimum Gasteiger partial charge on any atom is -0.465 e. The Morgan fingerprint density at radius 2 is 2.15 bits per heavy atom. The summed E-state index contributed by atoms with van der Waals surface area (Å²) in [6.07, 6.45) is 0.0250. The van der Waals surface area contributed by atoms with Crippen LogP contribution in [-0.2, 0) is 20.7 Å². The number of non-ortho nitro benzene ring substituents is 1. The molecule has 3 rings (SSSR count). The zero-order chi connectivity index (χ0) is 25.2. The number of thioether (sulfide) groups is 1. The van der Waals surface area contributed by atoms with Gasteiger partial charge in [-0.1, -0.05) is 23.9 Å². The standard InChI is InChI=1S/C24H25N3O6S/c1-5-33-19(29)12-34-23-18(11-25)17-10-24(4,30)22(14(3)28)21(20(17)13(2)26-23)15-7-6-8-16(9-15)27(31)32/h6-9,21-22,30H,5,10,12H2,1-4H3. The molecule has 1 aromatic heterocycles. The highest BCUT2D eigenvalue weighted by atomic mass is 32.2. The van der Waals surface area contributed by atoms with E-state index in [0.717, 1.165) is 11.8 Å². The van der Waals surface area contributed by atoms with Crippen molar-refractivity contribution in [3.63, 3.8) is 0 Å². The van der Waals surface area contributed by atoms with E-state index in [1.165, 1.54) is 32.0 Å². The molecule has 1 aliphatic carbocycles. The molecule has 0 radical (unpaired) electrons. The lowest BCUT2D eigenvalue weighted by molar-refractivity contribution is -0.384. The number of carbonyl (C=O) groups is 2. The van der Waals surface area contributed by atoms with Crippen molar-refractivity contribution in [1.29, 1.82) is 5.26 Å². The van der Waals surface area contributed by atoms with Crippen molar-refractivity contribution < 1.29 is 24.4 Å². The van der Waals surface area contributed by atoms with Crippen LogP contribution < -0.4 is 0 Å². The smallest absolute Gasteiger partial charge is 0.316 e. The minimum atomic E-state index is -1.52. The number of esters is 1. The molecule has 3 atom stereocenters. The van der Waals surface area contributed by atoms with Gasteiger partial charge in [-0.2, -0.15) is 5.26 Å². The number of fused-ring (bicyclic) bond motifs is 1. The van der Waals surface area contributed by atoms with Crippen molar-refractivity contribution in [1.82, 2.24) is 4.98 Å². The molecule has 1 heterocycles. The lowest BCUT2D eigenvalue weighted by Crippen LogP contribution is -2.48. The Hall–Kier alpha value is -3.29. The van der Waals surface area contributed by atoms with E-state index in [4.69, 9.17) is 4.74 Å². The van der Waals surface area contributed by atoms with Crippen LogP contribution in [-0.4, -0.2) is 44.7 Å². The second-order valence-corrected chi connectivity index (χ2v) is 9.39. The molecule has 1 aromatic carbocycles. The summed E-state index contributed by atoms with van der Waals surface area (Å²) in [7, 11) is 0. The molecule has 2 aromatic rings. The van der Waals surface area contributed by atoms with Crippen LogP contribution in [0.4, 0.5) is 5.69 Å². The minimum absolute atomic E-state index is 0.0250. The Labute approximate surface area is 201 Å². The summed E-state index contributed by atoms with van der Waals surface area (Å²) < 4.78 is 4.96. The predicted molar refractivity (Wildman–Crippen MR) is 124 cm³/mol. The molecule has 0 aliphatic heterocycles. The summed E-state index contributed by atoms with van der Waals surface area (Å²) in [6, 6.07) is 8.10. The molecule has 10 heteroatoms. The van der Waals surface area contributed by atoms with Crippen LogP contribution in [0.1, 0.15) is 54.6 Å². The van der Waals surface area contributed by atoms with Gasteiger partial charge in [-0.15, -0.1) is 0 Å². The maximum atomic E-state index is 12.8. The number of nitro groups is 1. The van der Waals surface area contributed by atoms with E-state index in [0.29, 0.717) is 27.4 Å². The van der Waals surface area contributed by atoms with Gasteiger partial charge in [0.1, 0.15) is 16.9 Å². The van der Waals surface area contributed by atoms with Crippen LogP contribution in [0.3, 0.4) is 0 Å². The third-order valence-corrected chi connectivity index (χ3v) is 6.92. The fourth-order valence-electron chi connectivity index (χ4n) is 4.75. The van der Waals surface area contributed by atoms with Gasteiger partial charge in [-0.25, -0.2) is 4.98 Å². The fourth-order valence-corrected chi connectivity index (χ4v) is 5.61. The summed E-state index contributed by atoms with van der Waals surface area (Å²) in [5, 5.41) is 33.1. The van der Waals surface area contributed by atoms with Crippen molar-refractivity contribution in [3.8, 4) is 6.07 Å². The molecule has 0 saturated carbocycles. The number of aromatic nitrogens is 1. The molecule has 0 spiro atoms. The van der Waals surface area contributed by atoms with E-state index in [2.05, 4.69) is 11.1 Å². The van der Waals surface area contributed by atoms with E-state index in [1.54, 1.807) is 19.9 Å². The number of nitriles is 1. The predicted octanol–water partition coefficient (Wildman–Crippen LogP) is 3.47. The SMILES string of the molecule is CCOC(=O)CSc1nc(C)c2c(c1C#N)CC(C)(O)C(C(C)=O)C2c1cccc([N+](=O)[O-])c1. The topological polar surface area (TPSA) is 143 Å². The molecule has 0 fully saturated rings. The number of aryl methyl sites for hydroxylation is 1. The Balaban J connectivity index is 2.25. The molecule has 9 nitrogen and oxygen atoms in total. The molecular weight excluding hydrogens is 458 g/mol. The highest BCUT2D eigenvalue weighted by Gasteiger charge is 2.49. The number of hydrogen-bond acceptors (Lipinski definition) is 9. The molecule has 0 bridgehead atoms. The van der Waals surface area contributed by atoms with Gasteiger partial charge >= 0.3 is 5.97 Å². The van der Waals surface area contributed by atoms with E-state index >= 15 is 0 Å². The Kier molecular flexibility index (Phi) is 7.38. The lowest BCUT2D eigenvalue weighted by atomic mass is 9.62. The van der Waals surface area contributed by atoms with Crippen LogP contribution >= 0.6 is 11.8 Å². The number of carbonyl (C=O) groups excluding carboxylic acids is 2. The summed E-state index contributed by atoms with van der Waals surface area (Å²) in [4.78, 5) is 40.1. The summed E-state index contributed by atoms with van der Waals surface area (Å²) in [5.74, 6) is -2.38. The number of hydrogen-bond donors (Lipinski definition) is 1. The van der Waals surface area contributed by atoms with Crippen molar-refractivity contribution >= 4 is 29.2 Å². The first-order valence-electron chi connectivity index (χ1n) is 10.7. The van der Waals surface area contributed by atoms with E-state index in [1.807, 2.05) is 0 Å². The van der Waals surface area contributed by atoms with Gasteiger partial charge in [0, 0.05) is 30.2 Å². The number of benzene rings is 1. The first-order valence-corrected chi connectivity index (χ1v) is 11.7. The molecule has 0 saturated heterocycles. The molecule has 0 amide bonds. The Morgan fingerprint density at radius 3 is 2.74 bits per heavy atom. The van der Waals surface area contributed by atoms with Crippen molar-refractivity contribution in [3.05, 3.63) is 62.3 Å². The van der Waals surface area contributed by atoms with Crippen molar-refractivity contribution in [2.75, 3.05) is 12.4 Å². The number of ketones is 1. The molecule has 1 aliphatic rings. The highest BCUT2D eigenvalue weighted by Crippen LogP contribution is 2.49. The third kappa shape index (κ3) is 4.81. The van der Waals surface area contributed by atoms with Gasteiger partial charge in [0.05, 0.1) is 34.4 Å². The molecule has 178 valence electrons. The first kappa shape index (κ1) is 25.3. The zero-order valence-corrected chi connectivity index (χ0v) is 20.1. The first-order chi connectivity index (χ1) is 16.0. The Bertz CT molecular complexity index is 1200. The van der Waals surface area contributed by atoms with E-state index < -0.39 is 28.3 Å². The van der Waals surface area contributed by atoms with Crippen LogP contribution in [0.15, 0.2) is 29.3 Å². The second-order valence-electron chi connectivity index (χ2n) is 8.43. The molecule has 1 N–H and O–H groups in total. The number of nitro benzene ring substituents is 1. The van der Waals surface area contributed by atoms with E-state index in [9.17, 15) is 30.1 Å². The van der Waals surface area contributed by atoms with Gasteiger partial charge in [-0.05, 0) is 44.4 Å². The number of ether oxygens (including phenoxy) is 1. The molecule has 34 heavy (non-hydrogen) atoms. The maximum absolute atomic E-state index is 12.8. The maximum Gasteiger partial charge on any atom is 0.316 e. The number of Topliss-reactive ketones (excluding diaryl/α,β-unsaturated/α-hetero) is 1. The van der Waals surface area contributed by atoms with Gasteiger partial charge < -0.3 is 9.84 Å². The average molecular weight is 484 g/mol. The van der Waals surface area contributed by atoms with Crippen LogP contribution in [0.2, 0.25) is 0 Å². The number of rotatable bonds is 7. The van der Waals surface area contributed by atoms with Crippen molar-refractivity contribution in [2.45, 2.75) is 50.7 Å². The van der Waals surface area contributed by atoms with Crippen molar-refractivity contribution in [2.24, 2.45) is 5.92 Å². The van der Waals surface area contributed by atoms with E-state index in [-0.39, 0.29) is 35.8 Å². The number of nitrogens with zero attached hydrogens (tertiary/aromatic N) is 3. The second kappa shape index (κ2) is 9.91. The zero-order valence-electron chi connectivity index (χ0n) is 19.3. The fraction of sp³-hybridized carbons (Fsp3) is 0.417. The monoisotopic (exact) mass is 483 g/mol. The summed E-state index contributed by atoms with van der Waals surface area (Å²) in [5.41, 5.74) is 0.697. The normalized spacial score (nSPS) is 21.3. The van der Waals surface area contributed by atoms with Crippen LogP contribution in [0.25, 0.3) is 0 Å². The average Bonchev–Trinajstić information content (AvgIpc) is 2.76. The molecule has 3 unspecified atom stereocenters.